The number of fused-ring (bicyclic) bond motifs is 2. The highest BCUT2D eigenvalue weighted by molar-refractivity contribution is 7.89. The van der Waals surface area contributed by atoms with Crippen LogP contribution in [0.25, 0.3) is 0 Å². The van der Waals surface area contributed by atoms with Crippen LogP contribution in [0.1, 0.15) is 12.8 Å². The molecule has 0 aromatic heterocycles. The third-order valence-corrected chi connectivity index (χ3v) is 5.64. The smallest absolute Gasteiger partial charge is 0.217 e. The van der Waals surface area contributed by atoms with Crippen molar-refractivity contribution in [3.63, 3.8) is 0 Å². The Kier molecular flexibility index (Phi) is 4.05. The number of morpholine rings is 1. The van der Waals surface area contributed by atoms with Crippen molar-refractivity contribution < 1.29 is 17.9 Å². The van der Waals surface area contributed by atoms with E-state index >= 15 is 0 Å². The Hall–Kier alpha value is -1.31. The third kappa shape index (κ3) is 3.48. The van der Waals surface area contributed by atoms with Gasteiger partial charge in [-0.05, 0) is 25.0 Å². The Morgan fingerprint density at radius 1 is 1.29 bits per heavy atom. The number of ether oxygens (including phenoxy) is 2. The molecule has 2 bridgehead atoms. The van der Waals surface area contributed by atoms with Gasteiger partial charge in [0, 0.05) is 24.8 Å². The van der Waals surface area contributed by atoms with Crippen LogP contribution >= 0.6 is 0 Å². The summed E-state index contributed by atoms with van der Waals surface area (Å²) in [6.45, 7) is 1.06. The van der Waals surface area contributed by atoms with Gasteiger partial charge in [-0.1, -0.05) is 6.07 Å². The van der Waals surface area contributed by atoms with Gasteiger partial charge < -0.3 is 15.2 Å². The maximum absolute atomic E-state index is 12.3. The van der Waals surface area contributed by atoms with Crippen LogP contribution in [0.15, 0.2) is 24.3 Å². The van der Waals surface area contributed by atoms with E-state index < -0.39 is 10.0 Å². The van der Waals surface area contributed by atoms with Crippen molar-refractivity contribution in [3.05, 3.63) is 24.3 Å². The molecule has 2 atom stereocenters. The van der Waals surface area contributed by atoms with E-state index in [-0.39, 0.29) is 24.6 Å². The van der Waals surface area contributed by atoms with Gasteiger partial charge in [0.1, 0.15) is 12.4 Å². The Morgan fingerprint density at radius 2 is 2.00 bits per heavy atom. The van der Waals surface area contributed by atoms with E-state index in [0.717, 1.165) is 12.8 Å². The normalized spacial score (nSPS) is 25.9. The summed E-state index contributed by atoms with van der Waals surface area (Å²) in [4.78, 5) is 0. The first-order valence-electron chi connectivity index (χ1n) is 7.14. The van der Waals surface area contributed by atoms with Gasteiger partial charge >= 0.3 is 0 Å². The van der Waals surface area contributed by atoms with Crippen molar-refractivity contribution >= 4 is 15.7 Å². The van der Waals surface area contributed by atoms with Crippen LogP contribution in [0.2, 0.25) is 0 Å². The summed E-state index contributed by atoms with van der Waals surface area (Å²) in [6.07, 6.45) is 2.04. The molecule has 3 rings (SSSR count). The SMILES string of the molecule is Nc1cccc(OCCS(=O)(=O)N2CC3CCC(C2)O3)c1. The number of sulfonamides is 1. The van der Waals surface area contributed by atoms with Gasteiger partial charge in [-0.15, -0.1) is 0 Å². The van der Waals surface area contributed by atoms with E-state index in [2.05, 4.69) is 0 Å². The Morgan fingerprint density at radius 3 is 2.67 bits per heavy atom. The van der Waals surface area contributed by atoms with E-state index in [1.54, 1.807) is 28.6 Å². The van der Waals surface area contributed by atoms with E-state index in [9.17, 15) is 8.42 Å². The molecule has 2 heterocycles. The first-order valence-corrected chi connectivity index (χ1v) is 8.75. The molecular weight excluding hydrogens is 292 g/mol. The van der Waals surface area contributed by atoms with Crippen LogP contribution in [0.4, 0.5) is 5.69 Å². The lowest BCUT2D eigenvalue weighted by Gasteiger charge is -2.31. The molecule has 2 fully saturated rings. The maximum atomic E-state index is 12.3. The first-order chi connectivity index (χ1) is 10.0. The fourth-order valence-corrected chi connectivity index (χ4v) is 4.14. The van der Waals surface area contributed by atoms with Crippen molar-refractivity contribution in [1.29, 1.82) is 0 Å². The molecule has 7 heteroatoms. The van der Waals surface area contributed by atoms with Crippen LogP contribution in [0.5, 0.6) is 5.75 Å². The Balaban J connectivity index is 1.54. The summed E-state index contributed by atoms with van der Waals surface area (Å²) >= 11 is 0. The zero-order valence-electron chi connectivity index (χ0n) is 11.8. The number of nitrogen functional groups attached to an aromatic ring is 1. The topological polar surface area (TPSA) is 81.9 Å². The summed E-state index contributed by atoms with van der Waals surface area (Å²) in [6, 6.07) is 6.98. The van der Waals surface area contributed by atoms with Crippen molar-refractivity contribution in [3.8, 4) is 5.75 Å². The molecule has 2 aliphatic heterocycles. The highest BCUT2D eigenvalue weighted by Gasteiger charge is 2.38. The summed E-state index contributed by atoms with van der Waals surface area (Å²) < 4.78 is 37.3. The molecule has 1 aromatic rings. The number of benzene rings is 1. The highest BCUT2D eigenvalue weighted by Crippen LogP contribution is 2.27. The molecule has 21 heavy (non-hydrogen) atoms. The molecule has 1 aromatic carbocycles. The predicted octanol–water partition coefficient (Wildman–Crippen LogP) is 0.841. The second-order valence-electron chi connectivity index (χ2n) is 5.51. The molecule has 0 saturated carbocycles. The minimum absolute atomic E-state index is 0.0265. The van der Waals surface area contributed by atoms with Gasteiger partial charge in [0.25, 0.3) is 0 Å². The van der Waals surface area contributed by atoms with Gasteiger partial charge in [0.2, 0.25) is 10.0 Å². The number of nitrogens with zero attached hydrogens (tertiary/aromatic N) is 1. The minimum atomic E-state index is -3.29. The molecule has 116 valence electrons. The molecule has 6 nitrogen and oxygen atoms in total. The van der Waals surface area contributed by atoms with Gasteiger partial charge in [-0.2, -0.15) is 4.31 Å². The predicted molar refractivity (Wildman–Crippen MR) is 79.6 cm³/mol. The fourth-order valence-electron chi connectivity index (χ4n) is 2.80. The standard InChI is InChI=1S/C14H20N2O4S/c15-11-2-1-3-12(8-11)19-6-7-21(17,18)16-9-13-4-5-14(10-16)20-13/h1-3,8,13-14H,4-7,9-10,15H2. The van der Waals surface area contributed by atoms with Crippen LogP contribution < -0.4 is 10.5 Å². The second kappa shape index (κ2) is 5.82. The number of anilines is 1. The monoisotopic (exact) mass is 312 g/mol. The Labute approximate surface area is 124 Å². The lowest BCUT2D eigenvalue weighted by Crippen LogP contribution is -2.47. The van der Waals surface area contributed by atoms with E-state index in [1.807, 2.05) is 0 Å². The average Bonchev–Trinajstić information content (AvgIpc) is 2.77. The average molecular weight is 312 g/mol. The van der Waals surface area contributed by atoms with Crippen LogP contribution in [-0.4, -0.2) is 50.4 Å². The van der Waals surface area contributed by atoms with Gasteiger partial charge in [0.15, 0.2) is 0 Å². The fraction of sp³-hybridized carbons (Fsp3) is 0.571. The van der Waals surface area contributed by atoms with E-state index in [1.165, 1.54) is 0 Å². The number of hydrogen-bond acceptors (Lipinski definition) is 5. The second-order valence-corrected chi connectivity index (χ2v) is 7.60. The van der Waals surface area contributed by atoms with Crippen LogP contribution in [0, 0.1) is 0 Å². The number of hydrogen-bond donors (Lipinski definition) is 1. The van der Waals surface area contributed by atoms with E-state index in [4.69, 9.17) is 15.2 Å². The molecule has 2 unspecified atom stereocenters. The molecule has 2 N–H and O–H groups in total. The molecule has 2 aliphatic rings. The summed E-state index contributed by atoms with van der Waals surface area (Å²) in [5.41, 5.74) is 6.25. The summed E-state index contributed by atoms with van der Waals surface area (Å²) in [7, 11) is -3.29. The van der Waals surface area contributed by atoms with Gasteiger partial charge in [-0.3, -0.25) is 0 Å². The molecule has 2 saturated heterocycles. The van der Waals surface area contributed by atoms with Gasteiger partial charge in [-0.25, -0.2) is 8.42 Å². The highest BCUT2D eigenvalue weighted by atomic mass is 32.2. The molecule has 0 aliphatic carbocycles. The number of nitrogens with two attached hydrogens (primary N) is 1. The quantitative estimate of drug-likeness (QED) is 0.815. The molecule has 0 spiro atoms. The lowest BCUT2D eigenvalue weighted by atomic mass is 10.2. The first kappa shape index (κ1) is 14.6. The molecule has 0 amide bonds. The van der Waals surface area contributed by atoms with Crippen molar-refractivity contribution in [1.82, 2.24) is 4.31 Å². The maximum Gasteiger partial charge on any atom is 0.217 e. The zero-order valence-corrected chi connectivity index (χ0v) is 12.6. The molecular formula is C14H20N2O4S. The third-order valence-electron chi connectivity index (χ3n) is 3.87. The zero-order chi connectivity index (χ0) is 14.9. The summed E-state index contributed by atoms with van der Waals surface area (Å²) in [5.74, 6) is 0.563. The lowest BCUT2D eigenvalue weighted by molar-refractivity contribution is -0.0115. The van der Waals surface area contributed by atoms with Crippen molar-refractivity contribution in [2.75, 3.05) is 31.2 Å². The van der Waals surface area contributed by atoms with Crippen molar-refractivity contribution in [2.45, 2.75) is 25.0 Å². The Bertz CT molecular complexity index is 593. The van der Waals surface area contributed by atoms with Crippen LogP contribution in [-0.2, 0) is 14.8 Å². The number of rotatable bonds is 5. The van der Waals surface area contributed by atoms with E-state index in [0.29, 0.717) is 24.5 Å². The summed E-state index contributed by atoms with van der Waals surface area (Å²) in [5, 5.41) is 0. The molecule has 0 radical (unpaired) electrons. The van der Waals surface area contributed by atoms with Crippen molar-refractivity contribution in [2.24, 2.45) is 0 Å². The largest absolute Gasteiger partial charge is 0.492 e. The van der Waals surface area contributed by atoms with Gasteiger partial charge in [0.05, 0.1) is 18.0 Å². The minimum Gasteiger partial charge on any atom is -0.492 e. The van der Waals surface area contributed by atoms with Crippen LogP contribution in [0.3, 0.4) is 0 Å².